The molecule has 0 unspecified atom stereocenters. The van der Waals surface area contributed by atoms with Crippen molar-refractivity contribution in [2.24, 2.45) is 0 Å². The summed E-state index contributed by atoms with van der Waals surface area (Å²) >= 11 is 6.36. The number of amides is 1. The summed E-state index contributed by atoms with van der Waals surface area (Å²) in [6.45, 7) is 1.86. The molecule has 7 heteroatoms. The van der Waals surface area contributed by atoms with E-state index in [0.29, 0.717) is 16.8 Å². The molecule has 0 atom stereocenters. The third-order valence-corrected chi connectivity index (χ3v) is 4.81. The van der Waals surface area contributed by atoms with Gasteiger partial charge in [-0.25, -0.2) is 4.39 Å². The maximum absolute atomic E-state index is 13.9. The number of methoxy groups -OCH3 is 1. The highest BCUT2D eigenvalue weighted by Gasteiger charge is 2.15. The Hall–Kier alpha value is -3.82. The zero-order valence-corrected chi connectivity index (χ0v) is 18.2. The third-order valence-electron chi connectivity index (χ3n) is 4.53. The van der Waals surface area contributed by atoms with Crippen LogP contribution in [0.4, 0.5) is 10.1 Å². The zero-order valence-electron chi connectivity index (χ0n) is 17.5. The van der Waals surface area contributed by atoms with Crippen LogP contribution in [-0.4, -0.2) is 13.0 Å². The SMILES string of the molecule is COc1cc(/C=C(/C#N)C(=O)Nc2cccc(C)c2)cc(Cl)c1OCc1ccccc1F. The van der Waals surface area contributed by atoms with Gasteiger partial charge in [-0.05, 0) is 54.5 Å². The second-order valence-electron chi connectivity index (χ2n) is 6.91. The van der Waals surface area contributed by atoms with Crippen molar-refractivity contribution in [3.8, 4) is 17.6 Å². The highest BCUT2D eigenvalue weighted by Crippen LogP contribution is 2.37. The van der Waals surface area contributed by atoms with Crippen LogP contribution >= 0.6 is 11.6 Å². The fourth-order valence-electron chi connectivity index (χ4n) is 2.97. The van der Waals surface area contributed by atoms with Crippen LogP contribution in [0.2, 0.25) is 5.02 Å². The number of nitrogens with one attached hydrogen (secondary N) is 1. The highest BCUT2D eigenvalue weighted by molar-refractivity contribution is 6.32. The molecule has 0 aliphatic heterocycles. The lowest BCUT2D eigenvalue weighted by atomic mass is 10.1. The average Bonchev–Trinajstić information content (AvgIpc) is 2.77. The maximum Gasteiger partial charge on any atom is 0.266 e. The second kappa shape index (κ2) is 10.5. The second-order valence-corrected chi connectivity index (χ2v) is 7.31. The smallest absolute Gasteiger partial charge is 0.266 e. The van der Waals surface area contributed by atoms with E-state index < -0.39 is 5.91 Å². The van der Waals surface area contributed by atoms with Gasteiger partial charge in [0.2, 0.25) is 0 Å². The van der Waals surface area contributed by atoms with Crippen molar-refractivity contribution in [3.63, 3.8) is 0 Å². The lowest BCUT2D eigenvalue weighted by Crippen LogP contribution is -2.13. The van der Waals surface area contributed by atoms with E-state index in [1.165, 1.54) is 25.3 Å². The number of aryl methyl sites for hydroxylation is 1. The Bertz CT molecular complexity index is 1220. The Morgan fingerprint density at radius 3 is 2.66 bits per heavy atom. The van der Waals surface area contributed by atoms with E-state index in [4.69, 9.17) is 21.1 Å². The molecule has 0 heterocycles. The topological polar surface area (TPSA) is 71.3 Å². The van der Waals surface area contributed by atoms with Gasteiger partial charge in [-0.15, -0.1) is 0 Å². The summed E-state index contributed by atoms with van der Waals surface area (Å²) in [7, 11) is 1.44. The maximum atomic E-state index is 13.9. The molecule has 3 aromatic carbocycles. The normalized spacial score (nSPS) is 10.9. The largest absolute Gasteiger partial charge is 0.493 e. The first-order valence-corrected chi connectivity index (χ1v) is 10.0. The Morgan fingerprint density at radius 1 is 1.19 bits per heavy atom. The first-order chi connectivity index (χ1) is 15.4. The van der Waals surface area contributed by atoms with Gasteiger partial charge in [0.25, 0.3) is 5.91 Å². The number of carbonyl (C=O) groups is 1. The highest BCUT2D eigenvalue weighted by atomic mass is 35.5. The summed E-state index contributed by atoms with van der Waals surface area (Å²) in [5.74, 6) is -0.415. The minimum absolute atomic E-state index is 0.0414. The number of benzene rings is 3. The lowest BCUT2D eigenvalue weighted by Gasteiger charge is -2.14. The first kappa shape index (κ1) is 22.9. The van der Waals surface area contributed by atoms with Gasteiger partial charge in [-0.2, -0.15) is 5.26 Å². The summed E-state index contributed by atoms with van der Waals surface area (Å²) in [6, 6.07) is 18.5. The molecule has 0 aliphatic carbocycles. The summed E-state index contributed by atoms with van der Waals surface area (Å²) in [5, 5.41) is 12.4. The molecule has 0 aromatic heterocycles. The van der Waals surface area contributed by atoms with Crippen molar-refractivity contribution in [1.82, 2.24) is 0 Å². The number of halogens is 2. The molecule has 32 heavy (non-hydrogen) atoms. The Kier molecular flexibility index (Phi) is 7.48. The molecule has 1 amide bonds. The van der Waals surface area contributed by atoms with E-state index in [1.54, 1.807) is 36.4 Å². The fourth-order valence-corrected chi connectivity index (χ4v) is 3.24. The van der Waals surface area contributed by atoms with Gasteiger partial charge in [0.05, 0.1) is 12.1 Å². The molecule has 0 saturated heterocycles. The predicted octanol–water partition coefficient (Wildman–Crippen LogP) is 5.92. The minimum Gasteiger partial charge on any atom is -0.493 e. The summed E-state index contributed by atoms with van der Waals surface area (Å²) in [4.78, 5) is 12.5. The van der Waals surface area contributed by atoms with E-state index in [2.05, 4.69) is 5.32 Å². The van der Waals surface area contributed by atoms with Crippen LogP contribution in [0.15, 0.2) is 66.2 Å². The van der Waals surface area contributed by atoms with Crippen LogP contribution in [0.3, 0.4) is 0 Å². The number of nitriles is 1. The molecule has 5 nitrogen and oxygen atoms in total. The minimum atomic E-state index is -0.548. The van der Waals surface area contributed by atoms with Gasteiger partial charge in [0.15, 0.2) is 11.5 Å². The molecule has 0 radical (unpaired) electrons. The number of nitrogens with zero attached hydrogens (tertiary/aromatic N) is 1. The van der Waals surface area contributed by atoms with Crippen molar-refractivity contribution in [2.75, 3.05) is 12.4 Å². The first-order valence-electron chi connectivity index (χ1n) is 9.65. The van der Waals surface area contributed by atoms with Crippen LogP contribution in [0.5, 0.6) is 11.5 Å². The van der Waals surface area contributed by atoms with Crippen molar-refractivity contribution >= 4 is 29.3 Å². The zero-order chi connectivity index (χ0) is 23.1. The van der Waals surface area contributed by atoms with Gasteiger partial charge in [0, 0.05) is 11.3 Å². The predicted molar refractivity (Wildman–Crippen MR) is 122 cm³/mol. The van der Waals surface area contributed by atoms with Crippen LogP contribution in [0.1, 0.15) is 16.7 Å². The van der Waals surface area contributed by atoms with Crippen molar-refractivity contribution < 1.29 is 18.7 Å². The average molecular weight is 451 g/mol. The van der Waals surface area contributed by atoms with Gasteiger partial charge >= 0.3 is 0 Å². The number of anilines is 1. The fraction of sp³-hybridized carbons (Fsp3) is 0.120. The molecule has 1 N–H and O–H groups in total. The number of rotatable bonds is 7. The van der Waals surface area contributed by atoms with Crippen LogP contribution in [0, 0.1) is 24.1 Å². The Labute approximate surface area is 190 Å². The monoisotopic (exact) mass is 450 g/mol. The van der Waals surface area contributed by atoms with Gasteiger partial charge < -0.3 is 14.8 Å². The molecule has 3 rings (SSSR count). The van der Waals surface area contributed by atoms with Gasteiger partial charge in [-0.3, -0.25) is 4.79 Å². The molecule has 0 fully saturated rings. The summed E-state index contributed by atoms with van der Waals surface area (Å²) < 4.78 is 24.9. The van der Waals surface area contributed by atoms with Gasteiger partial charge in [0.1, 0.15) is 24.1 Å². The van der Waals surface area contributed by atoms with E-state index in [-0.39, 0.29) is 34.5 Å². The number of hydrogen-bond donors (Lipinski definition) is 1. The number of ether oxygens (including phenoxy) is 2. The Morgan fingerprint density at radius 2 is 1.97 bits per heavy atom. The number of hydrogen-bond acceptors (Lipinski definition) is 4. The quantitative estimate of drug-likeness (QED) is 0.358. The van der Waals surface area contributed by atoms with Crippen molar-refractivity contribution in [3.05, 3.63) is 93.8 Å². The molecular weight excluding hydrogens is 431 g/mol. The van der Waals surface area contributed by atoms with Crippen LogP contribution < -0.4 is 14.8 Å². The summed E-state index contributed by atoms with van der Waals surface area (Å²) in [5.41, 5.74) is 2.30. The van der Waals surface area contributed by atoms with Gasteiger partial charge in [-0.1, -0.05) is 41.9 Å². The van der Waals surface area contributed by atoms with Crippen LogP contribution in [0.25, 0.3) is 6.08 Å². The number of carbonyl (C=O) groups excluding carboxylic acids is 1. The molecule has 3 aromatic rings. The molecule has 0 saturated carbocycles. The Balaban J connectivity index is 1.83. The van der Waals surface area contributed by atoms with Crippen LogP contribution in [-0.2, 0) is 11.4 Å². The standard InChI is InChI=1S/C25H20ClFN2O3/c1-16-6-5-8-20(10-16)29-25(30)19(14-28)11-17-12-21(26)24(23(13-17)31-2)32-15-18-7-3-4-9-22(18)27/h3-13H,15H2,1-2H3,(H,29,30)/b19-11-. The van der Waals surface area contributed by atoms with E-state index in [9.17, 15) is 14.4 Å². The molecule has 0 spiro atoms. The van der Waals surface area contributed by atoms with E-state index >= 15 is 0 Å². The molecule has 162 valence electrons. The van der Waals surface area contributed by atoms with E-state index in [1.807, 2.05) is 25.1 Å². The van der Waals surface area contributed by atoms with Crippen molar-refractivity contribution in [1.29, 1.82) is 5.26 Å². The van der Waals surface area contributed by atoms with Crippen molar-refractivity contribution in [2.45, 2.75) is 13.5 Å². The third kappa shape index (κ3) is 5.65. The molecule has 0 bridgehead atoms. The molecule has 0 aliphatic rings. The van der Waals surface area contributed by atoms with E-state index in [0.717, 1.165) is 5.56 Å². The lowest BCUT2D eigenvalue weighted by molar-refractivity contribution is -0.112. The summed E-state index contributed by atoms with van der Waals surface area (Å²) in [6.07, 6.45) is 1.40. The molecular formula is C25H20ClFN2O3.